The van der Waals surface area contributed by atoms with E-state index in [-0.39, 0.29) is 23.7 Å². The van der Waals surface area contributed by atoms with Crippen molar-refractivity contribution < 1.29 is 19.9 Å². The maximum Gasteiger partial charge on any atom is 0.478 e. The average Bonchev–Trinajstić information content (AvgIpc) is 3.46. The summed E-state index contributed by atoms with van der Waals surface area (Å²) in [6, 6.07) is 15.4. The van der Waals surface area contributed by atoms with Crippen molar-refractivity contribution in [1.29, 1.82) is 0 Å². The highest BCUT2D eigenvalue weighted by Gasteiger charge is 2.49. The molecule has 2 aromatic carbocycles. The molecular formula is C24H24NO3+2. The Balaban J connectivity index is 1.21. The normalized spacial score (nSPS) is 27.0. The number of hydroxylamine groups is 1. The minimum absolute atomic E-state index is 0.0913. The molecule has 4 atom stereocenters. The number of quaternary nitrogens is 1. The Bertz CT molecular complexity index is 933. The van der Waals surface area contributed by atoms with Gasteiger partial charge in [-0.1, -0.05) is 36.4 Å². The first-order valence-electron chi connectivity index (χ1n) is 10.2. The fraction of sp³-hybridized carbons (Fsp3) is 0.333. The van der Waals surface area contributed by atoms with Crippen molar-refractivity contribution in [2.24, 2.45) is 17.8 Å². The number of hydrogen-bond donors (Lipinski definition) is 1. The molecule has 5 rings (SSSR count). The Morgan fingerprint density at radius 2 is 1.61 bits per heavy atom. The summed E-state index contributed by atoms with van der Waals surface area (Å²) in [6.07, 6.45) is 8.60. The van der Waals surface area contributed by atoms with Crippen LogP contribution < -0.4 is 5.48 Å². The molecule has 2 aromatic rings. The first-order chi connectivity index (χ1) is 13.7. The molecule has 4 nitrogen and oxygen atoms in total. The number of carbonyl (C=O) groups excluding carboxylic acids is 2. The molecule has 1 saturated carbocycles. The monoisotopic (exact) mass is 374 g/mol. The van der Waals surface area contributed by atoms with Gasteiger partial charge in [-0.25, -0.2) is 4.79 Å². The van der Waals surface area contributed by atoms with Gasteiger partial charge in [0.1, 0.15) is 5.92 Å². The predicted molar refractivity (Wildman–Crippen MR) is 104 cm³/mol. The predicted octanol–water partition coefficient (Wildman–Crippen LogP) is 3.40. The van der Waals surface area contributed by atoms with Crippen molar-refractivity contribution in [3.8, 4) is 0 Å². The second-order valence-electron chi connectivity index (χ2n) is 8.14. The quantitative estimate of drug-likeness (QED) is 0.378. The van der Waals surface area contributed by atoms with Gasteiger partial charge in [-0.2, -0.15) is 0 Å². The summed E-state index contributed by atoms with van der Waals surface area (Å²) < 4.78 is 0. The molecule has 0 spiro atoms. The number of nitrogens with two attached hydrogens (primary N) is 1. The van der Waals surface area contributed by atoms with Crippen molar-refractivity contribution in [1.82, 2.24) is 0 Å². The third-order valence-electron chi connectivity index (χ3n) is 6.59. The number of fused-ring (bicyclic) bond motifs is 3. The molecule has 1 unspecified atom stereocenters. The van der Waals surface area contributed by atoms with Crippen molar-refractivity contribution in [2.75, 3.05) is 0 Å². The van der Waals surface area contributed by atoms with Crippen LogP contribution in [0.1, 0.15) is 57.1 Å². The summed E-state index contributed by atoms with van der Waals surface area (Å²) >= 11 is 0. The van der Waals surface area contributed by atoms with Gasteiger partial charge < -0.3 is 0 Å². The molecule has 1 radical (unpaired) electrons. The zero-order valence-electron chi connectivity index (χ0n) is 15.7. The Morgan fingerprint density at radius 1 is 0.929 bits per heavy atom. The number of benzene rings is 2. The van der Waals surface area contributed by atoms with E-state index >= 15 is 0 Å². The van der Waals surface area contributed by atoms with Gasteiger partial charge in [-0.15, -0.1) is 5.48 Å². The Morgan fingerprint density at radius 3 is 2.32 bits per heavy atom. The van der Waals surface area contributed by atoms with E-state index in [0.29, 0.717) is 23.0 Å². The molecule has 141 valence electrons. The molecule has 2 N–H and O–H groups in total. The summed E-state index contributed by atoms with van der Waals surface area (Å²) in [6.45, 7) is 0. The van der Waals surface area contributed by atoms with Gasteiger partial charge in [0.15, 0.2) is 6.04 Å². The van der Waals surface area contributed by atoms with E-state index in [4.69, 9.17) is 4.84 Å². The van der Waals surface area contributed by atoms with Crippen molar-refractivity contribution in [3.05, 3.63) is 82.9 Å². The van der Waals surface area contributed by atoms with Gasteiger partial charge in [0.05, 0.1) is 11.1 Å². The minimum Gasteiger partial charge on any atom is -0.274 e. The van der Waals surface area contributed by atoms with E-state index in [1.807, 2.05) is 12.1 Å². The molecule has 2 bridgehead atoms. The highest BCUT2D eigenvalue weighted by atomic mass is 16.7. The molecular weight excluding hydrogens is 350 g/mol. The fourth-order valence-electron chi connectivity index (χ4n) is 5.07. The molecule has 3 aliphatic rings. The summed E-state index contributed by atoms with van der Waals surface area (Å²) in [4.78, 5) is 30.7. The van der Waals surface area contributed by atoms with Crippen LogP contribution in [0.15, 0.2) is 60.7 Å². The first-order valence-corrected chi connectivity index (χ1v) is 10.2. The summed E-state index contributed by atoms with van der Waals surface area (Å²) in [5.41, 5.74) is 5.41. The van der Waals surface area contributed by atoms with Crippen LogP contribution in [0, 0.1) is 17.8 Å². The van der Waals surface area contributed by atoms with Crippen molar-refractivity contribution in [3.63, 3.8) is 0 Å². The van der Waals surface area contributed by atoms with Crippen molar-refractivity contribution >= 4 is 11.8 Å². The number of aryl methyl sites for hydroxylation is 1. The molecule has 0 amide bonds. The van der Waals surface area contributed by atoms with E-state index in [1.54, 1.807) is 29.7 Å². The topological polar surface area (TPSA) is 62.8 Å². The summed E-state index contributed by atoms with van der Waals surface area (Å²) in [5.74, 6) is 0.711. The largest absolute Gasteiger partial charge is 0.478 e. The van der Waals surface area contributed by atoms with E-state index in [2.05, 4.69) is 24.3 Å². The summed E-state index contributed by atoms with van der Waals surface area (Å²) in [5, 5.41) is 0. The fourth-order valence-corrected chi connectivity index (χ4v) is 5.07. The summed E-state index contributed by atoms with van der Waals surface area (Å²) in [7, 11) is 0. The smallest absolute Gasteiger partial charge is 0.274 e. The standard InChI is InChI=1S/C24H23NO3/c26-23(22-16-5-6-17(22)8-7-16)18-9-11-19(12-10-18)24(27)28-25-21-14-13-15-3-1-2-4-20(15)21/h1-6,9-12,16-17,21-22,25H,7-8,13-14H2/q+1/p+1/t16-,17+,21-,22?/m1/s1. The Kier molecular flexibility index (Phi) is 4.36. The van der Waals surface area contributed by atoms with Crippen LogP contribution in [0.2, 0.25) is 0 Å². The van der Waals surface area contributed by atoms with Crippen molar-refractivity contribution in [2.45, 2.75) is 31.7 Å². The van der Waals surface area contributed by atoms with Crippen LogP contribution >= 0.6 is 0 Å². The molecule has 0 saturated heterocycles. The molecule has 4 heteroatoms. The van der Waals surface area contributed by atoms with Gasteiger partial charge >= 0.3 is 11.8 Å². The van der Waals surface area contributed by atoms with Gasteiger partial charge in [-0.05, 0) is 60.9 Å². The average molecular weight is 374 g/mol. The first kappa shape index (κ1) is 17.4. The third-order valence-corrected chi connectivity index (χ3v) is 6.59. The maximum atomic E-state index is 12.8. The van der Waals surface area contributed by atoms with Gasteiger partial charge in [-0.3, -0.25) is 4.84 Å². The van der Waals surface area contributed by atoms with Crippen LogP contribution in [-0.2, 0) is 11.3 Å². The lowest BCUT2D eigenvalue weighted by Crippen LogP contribution is -2.84. The van der Waals surface area contributed by atoms with Gasteiger partial charge in [0.25, 0.3) is 0 Å². The number of hydrogen-bond acceptors (Lipinski definition) is 3. The van der Waals surface area contributed by atoms with E-state index in [0.717, 1.165) is 25.7 Å². The zero-order chi connectivity index (χ0) is 19.1. The highest BCUT2D eigenvalue weighted by molar-refractivity contribution is 6.00. The number of carbonyl (C=O) groups is 2. The zero-order valence-corrected chi connectivity index (χ0v) is 15.7. The van der Waals surface area contributed by atoms with Gasteiger partial charge in [0.2, 0.25) is 4.79 Å². The number of ketones is 1. The lowest BCUT2D eigenvalue weighted by atomic mass is 9.88. The second kappa shape index (κ2) is 7.02. The number of rotatable bonds is 5. The molecule has 1 fully saturated rings. The Labute approximate surface area is 164 Å². The van der Waals surface area contributed by atoms with E-state index in [9.17, 15) is 9.59 Å². The third kappa shape index (κ3) is 2.98. The Hall–Kier alpha value is -2.72. The van der Waals surface area contributed by atoms with Crippen LogP contribution in [0.25, 0.3) is 0 Å². The van der Waals surface area contributed by atoms with Crippen LogP contribution in [0.5, 0.6) is 0 Å². The lowest BCUT2D eigenvalue weighted by molar-refractivity contribution is -0.899. The van der Waals surface area contributed by atoms with Gasteiger partial charge in [0, 0.05) is 12.0 Å². The minimum atomic E-state index is -0.369. The number of Topliss-reactive ketones (excluding diaryl/α,β-unsaturated/α-hetero) is 1. The van der Waals surface area contributed by atoms with Crippen LogP contribution in [0.4, 0.5) is 0 Å². The second-order valence-corrected chi connectivity index (χ2v) is 8.14. The molecule has 28 heavy (non-hydrogen) atoms. The number of allylic oxidation sites excluding steroid dienone is 2. The van der Waals surface area contributed by atoms with Crippen LogP contribution in [0.3, 0.4) is 0 Å². The maximum absolute atomic E-state index is 12.8. The molecule has 0 aliphatic heterocycles. The lowest BCUT2D eigenvalue weighted by Gasteiger charge is -2.09. The molecule has 3 aliphatic carbocycles. The molecule has 0 aromatic heterocycles. The van der Waals surface area contributed by atoms with E-state index in [1.165, 1.54) is 11.1 Å². The highest BCUT2D eigenvalue weighted by Crippen LogP contribution is 2.45. The molecule has 0 heterocycles. The van der Waals surface area contributed by atoms with Crippen LogP contribution in [-0.4, -0.2) is 11.8 Å². The SMILES string of the molecule is O=C(O[NH2+][C@@H]1CCc2ccccc21)c1ccc(C(=[O+])C2[C@@H]3C=C[C@H]2CC3)cc1. The van der Waals surface area contributed by atoms with E-state index < -0.39 is 0 Å².